The van der Waals surface area contributed by atoms with Crippen molar-refractivity contribution in [2.24, 2.45) is 5.10 Å². The molecule has 186 valence electrons. The molecule has 1 aromatic heterocycles. The SMILES string of the molecule is COc1ccc(C2=NN(C(=O)CN3CCN(C(=O)Nc4ccccc4)CC3)C(c3ccco3)C2)cc1. The molecule has 3 heterocycles. The zero-order valence-corrected chi connectivity index (χ0v) is 20.2. The number of nitrogens with zero attached hydrogens (tertiary/aromatic N) is 4. The Morgan fingerprint density at radius 2 is 1.75 bits per heavy atom. The van der Waals surface area contributed by atoms with Gasteiger partial charge in [0.15, 0.2) is 0 Å². The molecule has 36 heavy (non-hydrogen) atoms. The molecule has 1 atom stereocenters. The van der Waals surface area contributed by atoms with Gasteiger partial charge in [0.1, 0.15) is 17.6 Å². The number of piperazine rings is 1. The van der Waals surface area contributed by atoms with E-state index in [-0.39, 0.29) is 24.5 Å². The molecule has 2 aromatic carbocycles. The maximum Gasteiger partial charge on any atom is 0.321 e. The van der Waals surface area contributed by atoms with Crippen molar-refractivity contribution in [2.45, 2.75) is 12.5 Å². The minimum absolute atomic E-state index is 0.0953. The highest BCUT2D eigenvalue weighted by molar-refractivity contribution is 6.03. The van der Waals surface area contributed by atoms with Gasteiger partial charge in [0.05, 0.1) is 25.6 Å². The summed E-state index contributed by atoms with van der Waals surface area (Å²) >= 11 is 0. The van der Waals surface area contributed by atoms with Gasteiger partial charge >= 0.3 is 6.03 Å². The van der Waals surface area contributed by atoms with Crippen molar-refractivity contribution in [1.29, 1.82) is 0 Å². The van der Waals surface area contributed by atoms with Crippen LogP contribution < -0.4 is 10.1 Å². The molecule has 0 bridgehead atoms. The quantitative estimate of drug-likeness (QED) is 0.571. The molecule has 0 aliphatic carbocycles. The Morgan fingerprint density at radius 3 is 2.42 bits per heavy atom. The Labute approximate surface area is 209 Å². The van der Waals surface area contributed by atoms with E-state index in [0.717, 1.165) is 22.7 Å². The number of hydrazone groups is 1. The van der Waals surface area contributed by atoms with Crippen LogP contribution in [0.4, 0.5) is 10.5 Å². The van der Waals surface area contributed by atoms with Gasteiger partial charge in [0, 0.05) is 38.3 Å². The molecule has 1 saturated heterocycles. The summed E-state index contributed by atoms with van der Waals surface area (Å²) in [4.78, 5) is 29.8. The molecule has 3 aromatic rings. The lowest BCUT2D eigenvalue weighted by Gasteiger charge is -2.35. The van der Waals surface area contributed by atoms with E-state index in [1.54, 1.807) is 23.3 Å². The number of amides is 3. The highest BCUT2D eigenvalue weighted by atomic mass is 16.5. The number of methoxy groups -OCH3 is 1. The number of rotatable bonds is 6. The van der Waals surface area contributed by atoms with E-state index < -0.39 is 0 Å². The van der Waals surface area contributed by atoms with Crippen LogP contribution in [-0.4, -0.2) is 72.3 Å². The van der Waals surface area contributed by atoms with Crippen molar-refractivity contribution in [3.63, 3.8) is 0 Å². The molecule has 1 fully saturated rings. The van der Waals surface area contributed by atoms with Crippen molar-refractivity contribution in [3.8, 4) is 5.75 Å². The number of hydrogen-bond acceptors (Lipinski definition) is 6. The molecule has 0 saturated carbocycles. The molecule has 2 aliphatic rings. The Hall–Kier alpha value is -4.11. The number of carbonyl (C=O) groups is 2. The van der Waals surface area contributed by atoms with Crippen LogP contribution in [0.25, 0.3) is 0 Å². The summed E-state index contributed by atoms with van der Waals surface area (Å²) in [7, 11) is 1.63. The van der Waals surface area contributed by atoms with Crippen molar-refractivity contribution in [3.05, 3.63) is 84.3 Å². The highest BCUT2D eigenvalue weighted by Crippen LogP contribution is 2.33. The van der Waals surface area contributed by atoms with E-state index >= 15 is 0 Å². The second kappa shape index (κ2) is 10.7. The highest BCUT2D eigenvalue weighted by Gasteiger charge is 2.36. The first-order valence-electron chi connectivity index (χ1n) is 12.0. The van der Waals surface area contributed by atoms with Gasteiger partial charge in [0.2, 0.25) is 0 Å². The largest absolute Gasteiger partial charge is 0.497 e. The lowest BCUT2D eigenvalue weighted by molar-refractivity contribution is -0.134. The average molecular weight is 488 g/mol. The fourth-order valence-electron chi connectivity index (χ4n) is 4.50. The number of nitrogens with one attached hydrogen (secondary N) is 1. The van der Waals surface area contributed by atoms with E-state index in [1.165, 1.54) is 0 Å². The Balaban J connectivity index is 1.22. The van der Waals surface area contributed by atoms with Crippen LogP contribution in [0.3, 0.4) is 0 Å². The molecule has 9 heteroatoms. The molecular weight excluding hydrogens is 458 g/mol. The van der Waals surface area contributed by atoms with Crippen LogP contribution in [0.1, 0.15) is 23.8 Å². The van der Waals surface area contributed by atoms with Gasteiger partial charge in [-0.15, -0.1) is 0 Å². The smallest absolute Gasteiger partial charge is 0.321 e. The van der Waals surface area contributed by atoms with Gasteiger partial charge in [-0.3, -0.25) is 9.69 Å². The van der Waals surface area contributed by atoms with Gasteiger partial charge in [0.25, 0.3) is 5.91 Å². The van der Waals surface area contributed by atoms with Gasteiger partial charge in [-0.05, 0) is 54.1 Å². The van der Waals surface area contributed by atoms with Crippen molar-refractivity contribution >= 4 is 23.3 Å². The number of furan rings is 1. The number of anilines is 1. The molecule has 0 spiro atoms. The summed E-state index contributed by atoms with van der Waals surface area (Å²) in [6.07, 6.45) is 2.18. The lowest BCUT2D eigenvalue weighted by atomic mass is 10.0. The number of hydrogen-bond donors (Lipinski definition) is 1. The molecule has 2 aliphatic heterocycles. The first-order chi connectivity index (χ1) is 17.6. The third kappa shape index (κ3) is 5.26. The van der Waals surface area contributed by atoms with Crippen molar-refractivity contribution < 1.29 is 18.7 Å². The number of carbonyl (C=O) groups excluding carboxylic acids is 2. The van der Waals surface area contributed by atoms with E-state index in [2.05, 4.69) is 10.2 Å². The number of benzene rings is 2. The summed E-state index contributed by atoms with van der Waals surface area (Å²) in [5.74, 6) is 1.38. The summed E-state index contributed by atoms with van der Waals surface area (Å²) in [6, 6.07) is 20.4. The van der Waals surface area contributed by atoms with E-state index in [4.69, 9.17) is 14.3 Å². The van der Waals surface area contributed by atoms with Crippen LogP contribution in [-0.2, 0) is 4.79 Å². The Bertz CT molecular complexity index is 1200. The van der Waals surface area contributed by atoms with Gasteiger partial charge in [-0.25, -0.2) is 9.80 Å². The summed E-state index contributed by atoms with van der Waals surface area (Å²) in [5, 5.41) is 9.17. The maximum atomic E-state index is 13.4. The molecule has 1 unspecified atom stereocenters. The molecule has 3 amide bonds. The minimum Gasteiger partial charge on any atom is -0.497 e. The predicted molar refractivity (Wildman–Crippen MR) is 136 cm³/mol. The first-order valence-corrected chi connectivity index (χ1v) is 12.0. The monoisotopic (exact) mass is 487 g/mol. The Morgan fingerprint density at radius 1 is 1.00 bits per heavy atom. The number of para-hydroxylation sites is 1. The van der Waals surface area contributed by atoms with Crippen LogP contribution in [0.5, 0.6) is 5.75 Å². The fourth-order valence-corrected chi connectivity index (χ4v) is 4.50. The second-order valence-electron chi connectivity index (χ2n) is 8.81. The van der Waals surface area contributed by atoms with Crippen molar-refractivity contribution in [1.82, 2.24) is 14.8 Å². The number of ether oxygens (including phenoxy) is 1. The van der Waals surface area contributed by atoms with E-state index in [1.807, 2.05) is 66.7 Å². The molecule has 9 nitrogen and oxygen atoms in total. The zero-order valence-electron chi connectivity index (χ0n) is 20.2. The first kappa shape index (κ1) is 23.6. The molecular formula is C27H29N5O4. The maximum absolute atomic E-state index is 13.4. The molecule has 5 rings (SSSR count). The molecule has 0 radical (unpaired) electrons. The number of urea groups is 1. The van der Waals surface area contributed by atoms with Gasteiger partial charge < -0.3 is 19.4 Å². The molecule has 1 N–H and O–H groups in total. The lowest BCUT2D eigenvalue weighted by Crippen LogP contribution is -2.52. The summed E-state index contributed by atoms with van der Waals surface area (Å²) < 4.78 is 10.9. The van der Waals surface area contributed by atoms with Crippen LogP contribution in [0.2, 0.25) is 0 Å². The summed E-state index contributed by atoms with van der Waals surface area (Å²) in [5.41, 5.74) is 2.54. The fraction of sp³-hybridized carbons (Fsp3) is 0.296. The van der Waals surface area contributed by atoms with Crippen LogP contribution in [0.15, 0.2) is 82.5 Å². The van der Waals surface area contributed by atoms with Crippen LogP contribution >= 0.6 is 0 Å². The van der Waals surface area contributed by atoms with Crippen molar-refractivity contribution in [2.75, 3.05) is 45.2 Å². The van der Waals surface area contributed by atoms with Gasteiger partial charge in [-0.2, -0.15) is 5.10 Å². The summed E-state index contributed by atoms with van der Waals surface area (Å²) in [6.45, 7) is 2.55. The topological polar surface area (TPSA) is 90.6 Å². The minimum atomic E-state index is -0.289. The van der Waals surface area contributed by atoms with E-state index in [0.29, 0.717) is 38.4 Å². The normalized spacial score (nSPS) is 18.1. The second-order valence-corrected chi connectivity index (χ2v) is 8.81. The average Bonchev–Trinajstić information content (AvgIpc) is 3.60. The third-order valence-electron chi connectivity index (χ3n) is 6.50. The van der Waals surface area contributed by atoms with Crippen LogP contribution in [0, 0.1) is 0 Å². The van der Waals surface area contributed by atoms with Gasteiger partial charge in [-0.1, -0.05) is 18.2 Å². The zero-order chi connectivity index (χ0) is 24.9. The van der Waals surface area contributed by atoms with E-state index in [9.17, 15) is 9.59 Å². The predicted octanol–water partition coefficient (Wildman–Crippen LogP) is 3.82. The standard InChI is InChI=1S/C27H29N5O4/c1-35-22-11-9-20(10-12-22)23-18-24(25-8-5-17-36-25)32(29-23)26(33)19-30-13-15-31(16-14-30)27(34)28-21-6-3-2-4-7-21/h2-12,17,24H,13-16,18-19H2,1H3,(H,28,34). The third-order valence-corrected chi connectivity index (χ3v) is 6.50. The Kier molecular flexibility index (Phi) is 6.99.